The molecular weight excluding hydrogens is 486 g/mol. The quantitative estimate of drug-likeness (QED) is 0.252. The average molecular weight is 508 g/mol. The van der Waals surface area contributed by atoms with Gasteiger partial charge >= 0.3 is 0 Å². The number of nitrogens with one attached hydrogen (secondary N) is 3. The molecule has 0 aliphatic heterocycles. The topological polar surface area (TPSA) is 125 Å². The van der Waals surface area contributed by atoms with Crippen molar-refractivity contribution in [3.05, 3.63) is 109 Å². The maximum atomic E-state index is 4.77. The summed E-state index contributed by atoms with van der Waals surface area (Å²) in [7, 11) is 0. The molecule has 0 fully saturated rings. The van der Waals surface area contributed by atoms with E-state index in [2.05, 4.69) is 30.6 Å². The lowest BCUT2D eigenvalue weighted by molar-refractivity contribution is 1.09. The van der Waals surface area contributed by atoms with Gasteiger partial charge in [-0.25, -0.2) is 15.0 Å². The van der Waals surface area contributed by atoms with Crippen molar-refractivity contribution >= 4 is 0 Å². The van der Waals surface area contributed by atoms with Crippen LogP contribution in [0.3, 0.4) is 0 Å². The van der Waals surface area contributed by atoms with Crippen molar-refractivity contribution in [1.82, 2.24) is 45.5 Å². The Labute approximate surface area is 223 Å². The zero-order valence-electron chi connectivity index (χ0n) is 20.6. The SMILES string of the molecule is c1ccc(-c2n[nH]c(-c3cc(-c4n[nH]c(-c5ccccc5)n4)cc(-c4nc(-c5ccccc5)n[nH]4)c3)n2)cc1. The van der Waals surface area contributed by atoms with E-state index in [1.54, 1.807) is 0 Å². The lowest BCUT2D eigenvalue weighted by atomic mass is 10.0. The molecule has 39 heavy (non-hydrogen) atoms. The average Bonchev–Trinajstić information content (AvgIpc) is 3.80. The molecule has 9 heteroatoms. The van der Waals surface area contributed by atoms with Crippen molar-refractivity contribution < 1.29 is 0 Å². The van der Waals surface area contributed by atoms with Crippen molar-refractivity contribution in [3.63, 3.8) is 0 Å². The monoisotopic (exact) mass is 507 g/mol. The van der Waals surface area contributed by atoms with E-state index in [4.69, 9.17) is 15.0 Å². The molecule has 0 atom stereocenters. The standard InChI is InChI=1S/C30H21N9/c1-4-10-19(11-5-1)25-31-28(37-34-25)22-16-23(29-32-26(35-38-29)20-12-6-2-7-13-20)18-24(17-22)30-33-27(36-39-30)21-14-8-3-9-15-21/h1-18H,(H,31,34,37)(H,32,35,38)(H,33,36,39). The highest BCUT2D eigenvalue weighted by Crippen LogP contribution is 2.31. The second kappa shape index (κ2) is 9.64. The van der Waals surface area contributed by atoms with E-state index in [0.717, 1.165) is 33.4 Å². The van der Waals surface area contributed by atoms with Gasteiger partial charge in [0.2, 0.25) is 0 Å². The molecule has 3 aromatic heterocycles. The van der Waals surface area contributed by atoms with Gasteiger partial charge in [0.05, 0.1) is 0 Å². The Morgan fingerprint density at radius 1 is 0.333 bits per heavy atom. The third-order valence-electron chi connectivity index (χ3n) is 6.31. The molecule has 0 aliphatic rings. The first-order chi connectivity index (χ1) is 19.3. The van der Waals surface area contributed by atoms with Crippen LogP contribution in [0.1, 0.15) is 0 Å². The van der Waals surface area contributed by atoms with Crippen LogP contribution in [0.5, 0.6) is 0 Å². The first-order valence-electron chi connectivity index (χ1n) is 12.4. The summed E-state index contributed by atoms with van der Waals surface area (Å²) < 4.78 is 0. The van der Waals surface area contributed by atoms with Gasteiger partial charge in [-0.15, -0.1) is 0 Å². The second-order valence-electron chi connectivity index (χ2n) is 8.92. The van der Waals surface area contributed by atoms with E-state index in [0.29, 0.717) is 34.9 Å². The Morgan fingerprint density at radius 3 is 1.10 bits per heavy atom. The third kappa shape index (κ3) is 4.49. The van der Waals surface area contributed by atoms with Gasteiger partial charge in [-0.1, -0.05) is 91.0 Å². The van der Waals surface area contributed by atoms with E-state index in [-0.39, 0.29) is 0 Å². The van der Waals surface area contributed by atoms with Crippen LogP contribution in [-0.4, -0.2) is 45.5 Å². The highest BCUT2D eigenvalue weighted by Gasteiger charge is 2.16. The Kier molecular flexibility index (Phi) is 5.56. The predicted octanol–water partition coefficient (Wildman–Crippen LogP) is 6.04. The van der Waals surface area contributed by atoms with Crippen LogP contribution in [0.25, 0.3) is 68.3 Å². The summed E-state index contributed by atoms with van der Waals surface area (Å²) in [6.45, 7) is 0. The van der Waals surface area contributed by atoms with Gasteiger partial charge in [-0.2, -0.15) is 15.3 Å². The van der Waals surface area contributed by atoms with Crippen LogP contribution in [0.4, 0.5) is 0 Å². The molecule has 4 aromatic carbocycles. The Hall–Kier alpha value is -5.70. The highest BCUT2D eigenvalue weighted by molar-refractivity contribution is 5.76. The molecule has 0 saturated heterocycles. The molecule has 3 heterocycles. The molecule has 0 unspecified atom stereocenters. The lowest BCUT2D eigenvalue weighted by Crippen LogP contribution is -1.90. The zero-order valence-corrected chi connectivity index (χ0v) is 20.6. The van der Waals surface area contributed by atoms with Gasteiger partial charge in [0.25, 0.3) is 0 Å². The molecule has 0 amide bonds. The van der Waals surface area contributed by atoms with E-state index < -0.39 is 0 Å². The van der Waals surface area contributed by atoms with Crippen molar-refractivity contribution in [2.75, 3.05) is 0 Å². The molecule has 3 N–H and O–H groups in total. The smallest absolute Gasteiger partial charge is 0.181 e. The van der Waals surface area contributed by atoms with Crippen molar-refractivity contribution in [1.29, 1.82) is 0 Å². The van der Waals surface area contributed by atoms with Gasteiger partial charge in [0, 0.05) is 33.4 Å². The van der Waals surface area contributed by atoms with Crippen LogP contribution >= 0.6 is 0 Å². The summed E-state index contributed by atoms with van der Waals surface area (Å²) in [5, 5.41) is 22.6. The second-order valence-corrected chi connectivity index (χ2v) is 8.92. The fourth-order valence-electron chi connectivity index (χ4n) is 4.36. The minimum Gasteiger partial charge on any atom is -0.259 e. The number of aromatic amines is 3. The fourth-order valence-corrected chi connectivity index (χ4v) is 4.36. The van der Waals surface area contributed by atoms with E-state index in [1.807, 2.05) is 109 Å². The Balaban J connectivity index is 1.33. The predicted molar refractivity (Wildman–Crippen MR) is 149 cm³/mol. The molecule has 0 radical (unpaired) electrons. The Morgan fingerprint density at radius 2 is 0.667 bits per heavy atom. The zero-order chi connectivity index (χ0) is 26.0. The molecule has 0 bridgehead atoms. The van der Waals surface area contributed by atoms with Gasteiger partial charge in [-0.05, 0) is 18.2 Å². The molecule has 186 valence electrons. The summed E-state index contributed by atoms with van der Waals surface area (Å²) in [5.74, 6) is 3.73. The number of rotatable bonds is 6. The Bertz CT molecular complexity index is 1620. The summed E-state index contributed by atoms with van der Waals surface area (Å²) in [6.07, 6.45) is 0. The van der Waals surface area contributed by atoms with Gasteiger partial charge in [0.15, 0.2) is 34.9 Å². The number of H-pyrrole nitrogens is 3. The number of aromatic nitrogens is 9. The summed E-state index contributed by atoms with van der Waals surface area (Å²) in [5.41, 5.74) is 5.26. The van der Waals surface area contributed by atoms with Crippen LogP contribution in [-0.2, 0) is 0 Å². The molecule has 7 rings (SSSR count). The molecular formula is C30H21N9. The summed E-state index contributed by atoms with van der Waals surface area (Å²) >= 11 is 0. The van der Waals surface area contributed by atoms with Crippen molar-refractivity contribution in [2.24, 2.45) is 0 Å². The molecule has 0 spiro atoms. The minimum absolute atomic E-state index is 0.558. The van der Waals surface area contributed by atoms with E-state index in [9.17, 15) is 0 Å². The maximum Gasteiger partial charge on any atom is 0.181 e. The first-order valence-corrected chi connectivity index (χ1v) is 12.4. The highest BCUT2D eigenvalue weighted by atomic mass is 15.2. The third-order valence-corrected chi connectivity index (χ3v) is 6.31. The lowest BCUT2D eigenvalue weighted by Gasteiger charge is -2.05. The maximum absolute atomic E-state index is 4.77. The van der Waals surface area contributed by atoms with Crippen LogP contribution in [0, 0.1) is 0 Å². The molecule has 7 aromatic rings. The summed E-state index contributed by atoms with van der Waals surface area (Å²) in [6, 6.07) is 35.6. The summed E-state index contributed by atoms with van der Waals surface area (Å²) in [4.78, 5) is 14.3. The number of hydrogen-bond acceptors (Lipinski definition) is 6. The number of hydrogen-bond donors (Lipinski definition) is 3. The van der Waals surface area contributed by atoms with Gasteiger partial charge in [-0.3, -0.25) is 15.3 Å². The fraction of sp³-hybridized carbons (Fsp3) is 0. The minimum atomic E-state index is 0.558. The molecule has 9 nitrogen and oxygen atoms in total. The molecule has 0 aliphatic carbocycles. The van der Waals surface area contributed by atoms with E-state index >= 15 is 0 Å². The van der Waals surface area contributed by atoms with Crippen molar-refractivity contribution in [2.45, 2.75) is 0 Å². The number of benzene rings is 4. The number of nitrogens with zero attached hydrogens (tertiary/aromatic N) is 6. The molecule has 0 saturated carbocycles. The van der Waals surface area contributed by atoms with Crippen LogP contribution < -0.4 is 0 Å². The van der Waals surface area contributed by atoms with Crippen LogP contribution in [0.2, 0.25) is 0 Å². The normalized spacial score (nSPS) is 11.1. The van der Waals surface area contributed by atoms with Gasteiger partial charge < -0.3 is 0 Å². The first kappa shape index (κ1) is 22.5. The van der Waals surface area contributed by atoms with E-state index in [1.165, 1.54) is 0 Å². The van der Waals surface area contributed by atoms with Crippen molar-refractivity contribution in [3.8, 4) is 68.3 Å². The largest absolute Gasteiger partial charge is 0.259 e. The van der Waals surface area contributed by atoms with Gasteiger partial charge in [0.1, 0.15) is 0 Å². The van der Waals surface area contributed by atoms with Crippen LogP contribution in [0.15, 0.2) is 109 Å².